The highest BCUT2D eigenvalue weighted by molar-refractivity contribution is 5.92. The number of nitrogens with zero attached hydrogens (tertiary/aromatic N) is 5. The van der Waals surface area contributed by atoms with Gasteiger partial charge in [0.15, 0.2) is 5.65 Å². The van der Waals surface area contributed by atoms with Gasteiger partial charge in [-0.1, -0.05) is 6.07 Å². The number of rotatable bonds is 5. The number of ether oxygens (including phenoxy) is 2. The quantitative estimate of drug-likeness (QED) is 0.412. The van der Waals surface area contributed by atoms with Gasteiger partial charge in [-0.2, -0.15) is 9.50 Å². The average Bonchev–Trinajstić information content (AvgIpc) is 3.09. The third kappa shape index (κ3) is 2.90. The van der Waals surface area contributed by atoms with Crippen LogP contribution in [0.2, 0.25) is 0 Å². The number of anilines is 1. The molecule has 28 heavy (non-hydrogen) atoms. The van der Waals surface area contributed by atoms with Gasteiger partial charge in [-0.15, -0.1) is 5.10 Å². The van der Waals surface area contributed by atoms with E-state index in [9.17, 15) is 10.1 Å². The fourth-order valence-corrected chi connectivity index (χ4v) is 3.07. The largest absolute Gasteiger partial charge is 0.497 e. The standard InChI is InChI=1S/C18H16N6O4/c1-27-12-5-3-10(15(9-12)28-2)7-16-20-14-8-11(24(25)26)4-6-13(14)17-21-18(19)22-23(16)17/h3-6,8-9H,7H2,1-2H3,(H2,19,22). The molecule has 0 radical (unpaired) electrons. The molecule has 0 aliphatic heterocycles. The summed E-state index contributed by atoms with van der Waals surface area (Å²) in [6.07, 6.45) is 0.352. The van der Waals surface area contributed by atoms with E-state index in [4.69, 9.17) is 15.2 Å². The van der Waals surface area contributed by atoms with E-state index in [-0.39, 0.29) is 11.6 Å². The second-order valence-electron chi connectivity index (χ2n) is 6.05. The zero-order valence-electron chi connectivity index (χ0n) is 15.1. The van der Waals surface area contributed by atoms with Crippen molar-refractivity contribution in [3.05, 3.63) is 57.9 Å². The molecule has 0 fully saturated rings. The Morgan fingerprint density at radius 1 is 1.14 bits per heavy atom. The number of benzene rings is 2. The minimum Gasteiger partial charge on any atom is -0.497 e. The zero-order chi connectivity index (χ0) is 19.8. The molecule has 4 rings (SSSR count). The van der Waals surface area contributed by atoms with Crippen LogP contribution in [0.1, 0.15) is 11.4 Å². The Morgan fingerprint density at radius 3 is 2.68 bits per heavy atom. The number of fused-ring (bicyclic) bond motifs is 3. The monoisotopic (exact) mass is 380 g/mol. The van der Waals surface area contributed by atoms with Crippen LogP contribution < -0.4 is 15.2 Å². The van der Waals surface area contributed by atoms with Crippen molar-refractivity contribution in [2.24, 2.45) is 0 Å². The Morgan fingerprint density at radius 2 is 1.96 bits per heavy atom. The number of nitro groups is 1. The van der Waals surface area contributed by atoms with Crippen LogP contribution >= 0.6 is 0 Å². The van der Waals surface area contributed by atoms with Gasteiger partial charge >= 0.3 is 0 Å². The summed E-state index contributed by atoms with van der Waals surface area (Å²) in [6, 6.07) is 9.87. The van der Waals surface area contributed by atoms with Gasteiger partial charge in [0.2, 0.25) is 5.95 Å². The summed E-state index contributed by atoms with van der Waals surface area (Å²) >= 11 is 0. The molecule has 4 aromatic rings. The molecule has 0 atom stereocenters. The maximum Gasteiger partial charge on any atom is 0.271 e. The lowest BCUT2D eigenvalue weighted by molar-refractivity contribution is -0.384. The maximum absolute atomic E-state index is 11.1. The Hall–Kier alpha value is -3.95. The van der Waals surface area contributed by atoms with Gasteiger partial charge in [-0.25, -0.2) is 4.98 Å². The smallest absolute Gasteiger partial charge is 0.271 e. The van der Waals surface area contributed by atoms with Gasteiger partial charge in [-0.05, 0) is 12.1 Å². The molecule has 0 aliphatic carbocycles. The van der Waals surface area contributed by atoms with Crippen LogP contribution in [0.25, 0.3) is 16.6 Å². The van der Waals surface area contributed by atoms with Crippen molar-refractivity contribution in [3.63, 3.8) is 0 Å². The van der Waals surface area contributed by atoms with Crippen molar-refractivity contribution in [3.8, 4) is 11.5 Å². The highest BCUT2D eigenvalue weighted by atomic mass is 16.6. The number of hydrogen-bond acceptors (Lipinski definition) is 8. The molecular formula is C18H16N6O4. The normalized spacial score (nSPS) is 11.1. The summed E-state index contributed by atoms with van der Waals surface area (Å²) in [6.45, 7) is 0. The van der Waals surface area contributed by atoms with E-state index < -0.39 is 4.92 Å². The molecular weight excluding hydrogens is 364 g/mol. The molecule has 0 spiro atoms. The maximum atomic E-state index is 11.1. The van der Waals surface area contributed by atoms with Crippen molar-refractivity contribution < 1.29 is 14.4 Å². The molecule has 0 saturated carbocycles. The van der Waals surface area contributed by atoms with Gasteiger partial charge in [0.1, 0.15) is 17.3 Å². The molecule has 0 unspecified atom stereocenters. The summed E-state index contributed by atoms with van der Waals surface area (Å²) in [5.74, 6) is 1.91. The highest BCUT2D eigenvalue weighted by Gasteiger charge is 2.17. The predicted octanol–water partition coefficient (Wildman–Crippen LogP) is 2.38. The number of methoxy groups -OCH3 is 2. The van der Waals surface area contributed by atoms with Crippen molar-refractivity contribution in [1.82, 2.24) is 19.6 Å². The Labute approximate surface area is 158 Å². The number of nitrogen functional groups attached to an aromatic ring is 1. The lowest BCUT2D eigenvalue weighted by Crippen LogP contribution is -2.06. The van der Waals surface area contributed by atoms with E-state index in [1.807, 2.05) is 12.1 Å². The Kier molecular flexibility index (Phi) is 4.15. The number of nitro benzene ring substituents is 1. The van der Waals surface area contributed by atoms with Gasteiger partial charge in [-0.3, -0.25) is 10.1 Å². The van der Waals surface area contributed by atoms with Crippen LogP contribution in [-0.4, -0.2) is 38.7 Å². The Balaban J connectivity index is 1.91. The molecule has 0 saturated heterocycles. The first-order valence-electron chi connectivity index (χ1n) is 8.30. The Bertz CT molecular complexity index is 1220. The van der Waals surface area contributed by atoms with Crippen LogP contribution in [0.5, 0.6) is 11.5 Å². The van der Waals surface area contributed by atoms with E-state index in [0.29, 0.717) is 40.3 Å². The summed E-state index contributed by atoms with van der Waals surface area (Å²) in [4.78, 5) is 19.5. The summed E-state index contributed by atoms with van der Waals surface area (Å²) < 4.78 is 12.2. The second-order valence-corrected chi connectivity index (χ2v) is 6.05. The van der Waals surface area contributed by atoms with Crippen LogP contribution in [0, 0.1) is 10.1 Å². The second kappa shape index (κ2) is 6.65. The average molecular weight is 380 g/mol. The fourth-order valence-electron chi connectivity index (χ4n) is 3.07. The van der Waals surface area contributed by atoms with E-state index >= 15 is 0 Å². The van der Waals surface area contributed by atoms with Crippen molar-refractivity contribution in [1.29, 1.82) is 0 Å². The minimum atomic E-state index is -0.463. The summed E-state index contributed by atoms with van der Waals surface area (Å²) in [5, 5.41) is 16.0. The van der Waals surface area contributed by atoms with E-state index in [1.165, 1.54) is 12.1 Å². The van der Waals surface area contributed by atoms with Gasteiger partial charge < -0.3 is 15.2 Å². The first-order valence-corrected chi connectivity index (χ1v) is 8.30. The number of hydrogen-bond donors (Lipinski definition) is 1. The van der Waals surface area contributed by atoms with Gasteiger partial charge in [0.25, 0.3) is 5.69 Å². The molecule has 0 bridgehead atoms. The zero-order valence-corrected chi connectivity index (χ0v) is 15.1. The number of nitrogens with two attached hydrogens (primary N) is 1. The van der Waals surface area contributed by atoms with E-state index in [0.717, 1.165) is 5.56 Å². The molecule has 2 aromatic heterocycles. The van der Waals surface area contributed by atoms with Crippen molar-refractivity contribution in [2.45, 2.75) is 6.42 Å². The predicted molar refractivity (Wildman–Crippen MR) is 102 cm³/mol. The van der Waals surface area contributed by atoms with Crippen LogP contribution in [0.15, 0.2) is 36.4 Å². The topological polar surface area (TPSA) is 131 Å². The molecule has 0 amide bonds. The molecule has 10 heteroatoms. The SMILES string of the molecule is COc1ccc(Cc2nc3cc([N+](=O)[O-])ccc3c3nc(N)nn23)c(OC)c1. The lowest BCUT2D eigenvalue weighted by atomic mass is 10.1. The van der Waals surface area contributed by atoms with E-state index in [2.05, 4.69) is 15.1 Å². The summed E-state index contributed by atoms with van der Waals surface area (Å²) in [7, 11) is 3.15. The fraction of sp³-hybridized carbons (Fsp3) is 0.167. The number of aromatic nitrogens is 4. The van der Waals surface area contributed by atoms with E-state index in [1.54, 1.807) is 30.9 Å². The lowest BCUT2D eigenvalue weighted by Gasteiger charge is -2.11. The molecule has 142 valence electrons. The van der Waals surface area contributed by atoms with Crippen molar-refractivity contribution in [2.75, 3.05) is 20.0 Å². The molecule has 2 heterocycles. The van der Waals surface area contributed by atoms with Crippen LogP contribution in [0.3, 0.4) is 0 Å². The van der Waals surface area contributed by atoms with Gasteiger partial charge in [0.05, 0.1) is 24.7 Å². The molecule has 2 aromatic carbocycles. The third-order valence-electron chi connectivity index (χ3n) is 4.39. The highest BCUT2D eigenvalue weighted by Crippen LogP contribution is 2.28. The summed E-state index contributed by atoms with van der Waals surface area (Å²) in [5.41, 5.74) is 7.52. The van der Waals surface area contributed by atoms with Crippen LogP contribution in [0.4, 0.5) is 11.6 Å². The first-order chi connectivity index (χ1) is 13.5. The molecule has 10 nitrogen and oxygen atoms in total. The molecule has 2 N–H and O–H groups in total. The van der Waals surface area contributed by atoms with Crippen molar-refractivity contribution >= 4 is 28.2 Å². The number of non-ortho nitro benzene ring substituents is 1. The van der Waals surface area contributed by atoms with Gasteiger partial charge in [0, 0.05) is 35.6 Å². The first kappa shape index (κ1) is 17.5. The third-order valence-corrected chi connectivity index (χ3v) is 4.39. The van der Waals surface area contributed by atoms with Crippen LogP contribution in [-0.2, 0) is 6.42 Å². The molecule has 0 aliphatic rings. The minimum absolute atomic E-state index is 0.0511.